The van der Waals surface area contributed by atoms with Gasteiger partial charge in [-0.05, 0) is 49.4 Å². The van der Waals surface area contributed by atoms with Crippen molar-refractivity contribution in [2.24, 2.45) is 0 Å². The van der Waals surface area contributed by atoms with Crippen LogP contribution >= 0.6 is 0 Å². The molecule has 0 aromatic heterocycles. The van der Waals surface area contributed by atoms with E-state index >= 15 is 0 Å². The number of carbonyl (C=O) groups excluding carboxylic acids is 1. The molecule has 0 aliphatic carbocycles. The molecule has 3 rings (SSSR count). The van der Waals surface area contributed by atoms with Gasteiger partial charge in [0.25, 0.3) is 0 Å². The topological polar surface area (TPSA) is 99.9 Å². The number of carboxylic acid groups (broad SMARTS) is 1. The molecule has 0 spiro atoms. The Labute approximate surface area is 150 Å². The van der Waals surface area contributed by atoms with E-state index in [4.69, 9.17) is 19.8 Å². The fourth-order valence-corrected chi connectivity index (χ4v) is 2.65. The molecule has 1 aliphatic heterocycles. The van der Waals surface area contributed by atoms with E-state index < -0.39 is 24.3 Å². The average molecular weight is 352 g/mol. The molecule has 7 nitrogen and oxygen atoms in total. The number of rotatable bonds is 5. The molecule has 1 N–H and O–H groups in total. The second kappa shape index (κ2) is 7.15. The van der Waals surface area contributed by atoms with Gasteiger partial charge in [0.15, 0.2) is 6.10 Å². The van der Waals surface area contributed by atoms with Crippen molar-refractivity contribution in [2.75, 3.05) is 11.4 Å². The minimum absolute atomic E-state index is 0.123. The van der Waals surface area contributed by atoms with E-state index in [0.29, 0.717) is 23.5 Å². The number of cyclic esters (lactones) is 1. The van der Waals surface area contributed by atoms with Crippen molar-refractivity contribution >= 4 is 17.7 Å². The van der Waals surface area contributed by atoms with Crippen LogP contribution in [0.1, 0.15) is 22.8 Å². The second-order valence-electron chi connectivity index (χ2n) is 5.85. The summed E-state index contributed by atoms with van der Waals surface area (Å²) in [6, 6.07) is 14.8. The normalized spacial score (nSPS) is 17.3. The average Bonchev–Trinajstić information content (AvgIpc) is 3.04. The molecule has 2 unspecified atom stereocenters. The fourth-order valence-electron chi connectivity index (χ4n) is 2.65. The van der Waals surface area contributed by atoms with Gasteiger partial charge in [0.1, 0.15) is 11.9 Å². The SMILES string of the molecule is CC(Oc1cccc(C(=O)O)c1)C1CN(c2ccc(C#N)cc2)C(=O)O1. The zero-order valence-electron chi connectivity index (χ0n) is 14.0. The Morgan fingerprint density at radius 1 is 1.35 bits per heavy atom. The minimum atomic E-state index is -1.04. The van der Waals surface area contributed by atoms with Crippen LogP contribution in [-0.2, 0) is 4.74 Å². The van der Waals surface area contributed by atoms with Crippen LogP contribution in [-0.4, -0.2) is 35.9 Å². The highest BCUT2D eigenvalue weighted by Gasteiger charge is 2.36. The van der Waals surface area contributed by atoms with E-state index in [1.807, 2.05) is 6.07 Å². The van der Waals surface area contributed by atoms with Crippen molar-refractivity contribution in [1.29, 1.82) is 5.26 Å². The van der Waals surface area contributed by atoms with E-state index in [1.54, 1.807) is 43.3 Å². The predicted molar refractivity (Wildman–Crippen MR) is 92.3 cm³/mol. The highest BCUT2D eigenvalue weighted by molar-refractivity contribution is 5.90. The van der Waals surface area contributed by atoms with Crippen molar-refractivity contribution in [3.05, 3.63) is 59.7 Å². The molecule has 0 radical (unpaired) electrons. The quantitative estimate of drug-likeness (QED) is 0.888. The standard InChI is InChI=1S/C19H16N2O5/c1-12(25-16-4-2-3-14(9-16)18(22)23)17-11-21(19(24)26-17)15-7-5-13(10-20)6-8-15/h2-9,12,17H,11H2,1H3,(H,22,23). The maximum Gasteiger partial charge on any atom is 0.414 e. The van der Waals surface area contributed by atoms with Gasteiger partial charge in [-0.1, -0.05) is 6.07 Å². The molecule has 1 aliphatic rings. The Bertz CT molecular complexity index is 872. The summed E-state index contributed by atoms with van der Waals surface area (Å²) in [5, 5.41) is 17.9. The molecule has 1 fully saturated rings. The lowest BCUT2D eigenvalue weighted by Gasteiger charge is -2.19. The predicted octanol–water partition coefficient (Wildman–Crippen LogP) is 3.05. The summed E-state index contributed by atoms with van der Waals surface area (Å²) < 4.78 is 11.1. The molecule has 0 saturated carbocycles. The molecule has 2 aromatic carbocycles. The molecule has 1 amide bonds. The van der Waals surface area contributed by atoms with Crippen molar-refractivity contribution in [1.82, 2.24) is 0 Å². The first kappa shape index (κ1) is 17.3. The molecule has 2 aromatic rings. The van der Waals surface area contributed by atoms with Crippen molar-refractivity contribution in [2.45, 2.75) is 19.1 Å². The van der Waals surface area contributed by atoms with E-state index in [1.165, 1.54) is 17.0 Å². The third kappa shape index (κ3) is 3.59. The summed E-state index contributed by atoms with van der Waals surface area (Å²) in [5.74, 6) is -0.646. The summed E-state index contributed by atoms with van der Waals surface area (Å²) in [7, 11) is 0. The Balaban J connectivity index is 1.68. The van der Waals surface area contributed by atoms with Crippen LogP contribution in [0.4, 0.5) is 10.5 Å². The minimum Gasteiger partial charge on any atom is -0.487 e. The van der Waals surface area contributed by atoms with Crippen molar-refractivity contribution in [3.8, 4) is 11.8 Å². The van der Waals surface area contributed by atoms with Gasteiger partial charge >= 0.3 is 12.1 Å². The summed E-state index contributed by atoms with van der Waals surface area (Å²) in [5.41, 5.74) is 1.27. The Morgan fingerprint density at radius 2 is 2.08 bits per heavy atom. The lowest BCUT2D eigenvalue weighted by Crippen LogP contribution is -2.33. The van der Waals surface area contributed by atoms with Gasteiger partial charge in [0, 0.05) is 5.69 Å². The number of hydrogen-bond donors (Lipinski definition) is 1. The van der Waals surface area contributed by atoms with Gasteiger partial charge < -0.3 is 14.6 Å². The van der Waals surface area contributed by atoms with E-state index in [9.17, 15) is 9.59 Å². The number of nitriles is 1. The Hall–Kier alpha value is -3.53. The Kier molecular flexibility index (Phi) is 4.76. The van der Waals surface area contributed by atoms with Gasteiger partial charge in [-0.25, -0.2) is 9.59 Å². The molecule has 2 atom stereocenters. The number of carboxylic acids is 1. The Morgan fingerprint density at radius 3 is 2.73 bits per heavy atom. The van der Waals surface area contributed by atoms with Gasteiger partial charge in [-0.3, -0.25) is 4.90 Å². The van der Waals surface area contributed by atoms with E-state index in [0.717, 1.165) is 0 Å². The number of benzene rings is 2. The van der Waals surface area contributed by atoms with Gasteiger partial charge in [0.05, 0.1) is 23.7 Å². The summed E-state index contributed by atoms with van der Waals surface area (Å²) >= 11 is 0. The maximum absolute atomic E-state index is 12.1. The smallest absolute Gasteiger partial charge is 0.414 e. The number of anilines is 1. The third-order valence-electron chi connectivity index (χ3n) is 4.07. The van der Waals surface area contributed by atoms with Gasteiger partial charge in [-0.2, -0.15) is 5.26 Å². The molecule has 26 heavy (non-hydrogen) atoms. The number of carbonyl (C=O) groups is 2. The first-order chi connectivity index (χ1) is 12.5. The monoisotopic (exact) mass is 352 g/mol. The largest absolute Gasteiger partial charge is 0.487 e. The second-order valence-corrected chi connectivity index (χ2v) is 5.85. The summed E-state index contributed by atoms with van der Waals surface area (Å²) in [4.78, 5) is 24.6. The van der Waals surface area contributed by atoms with Crippen LogP contribution in [0.2, 0.25) is 0 Å². The zero-order chi connectivity index (χ0) is 18.7. The van der Waals surface area contributed by atoms with Crippen LogP contribution < -0.4 is 9.64 Å². The number of nitrogens with zero attached hydrogens (tertiary/aromatic N) is 2. The summed E-state index contributed by atoms with van der Waals surface area (Å²) in [6.07, 6.45) is -1.47. The van der Waals surface area contributed by atoms with Crippen LogP contribution in [0.25, 0.3) is 0 Å². The third-order valence-corrected chi connectivity index (χ3v) is 4.07. The molecular formula is C19H16N2O5. The van der Waals surface area contributed by atoms with Gasteiger partial charge in [0.2, 0.25) is 0 Å². The fraction of sp³-hybridized carbons (Fsp3) is 0.211. The molecule has 1 heterocycles. The van der Waals surface area contributed by atoms with Crippen LogP contribution in [0.15, 0.2) is 48.5 Å². The maximum atomic E-state index is 12.1. The molecule has 7 heteroatoms. The van der Waals surface area contributed by atoms with Gasteiger partial charge in [-0.15, -0.1) is 0 Å². The van der Waals surface area contributed by atoms with Crippen molar-refractivity contribution < 1.29 is 24.2 Å². The van der Waals surface area contributed by atoms with Crippen LogP contribution in [0, 0.1) is 11.3 Å². The highest BCUT2D eigenvalue weighted by atomic mass is 16.6. The van der Waals surface area contributed by atoms with E-state index in [-0.39, 0.29) is 5.56 Å². The van der Waals surface area contributed by atoms with Crippen LogP contribution in [0.5, 0.6) is 5.75 Å². The number of amides is 1. The molecule has 1 saturated heterocycles. The van der Waals surface area contributed by atoms with E-state index in [2.05, 4.69) is 0 Å². The lowest BCUT2D eigenvalue weighted by atomic mass is 10.2. The molecular weight excluding hydrogens is 336 g/mol. The highest BCUT2D eigenvalue weighted by Crippen LogP contribution is 2.25. The first-order valence-corrected chi connectivity index (χ1v) is 7.96. The van der Waals surface area contributed by atoms with Crippen molar-refractivity contribution in [3.63, 3.8) is 0 Å². The molecule has 132 valence electrons. The number of hydrogen-bond acceptors (Lipinski definition) is 5. The molecule has 0 bridgehead atoms. The first-order valence-electron chi connectivity index (χ1n) is 7.96. The number of ether oxygens (including phenoxy) is 2. The zero-order valence-corrected chi connectivity index (χ0v) is 14.0. The number of aromatic carboxylic acids is 1. The van der Waals surface area contributed by atoms with Crippen LogP contribution in [0.3, 0.4) is 0 Å². The summed E-state index contributed by atoms with van der Waals surface area (Å²) in [6.45, 7) is 2.05. The lowest BCUT2D eigenvalue weighted by molar-refractivity contribution is 0.0577.